The lowest BCUT2D eigenvalue weighted by atomic mass is 10.0. The number of nitrogens with zero attached hydrogens (tertiary/aromatic N) is 2. The number of amides is 1. The maximum Gasteiger partial charge on any atom is 0.244 e. The summed E-state index contributed by atoms with van der Waals surface area (Å²) in [6.07, 6.45) is 25.0. The topological polar surface area (TPSA) is 46.9 Å². The zero-order chi connectivity index (χ0) is 21.2. The third-order valence-corrected chi connectivity index (χ3v) is 5.87. The molecule has 0 aliphatic rings. The van der Waals surface area contributed by atoms with Crippen LogP contribution in [-0.2, 0) is 4.79 Å². The summed E-state index contributed by atoms with van der Waals surface area (Å²) in [6.45, 7) is 4.87. The Morgan fingerprint density at radius 3 is 1.76 bits per heavy atom. The van der Waals surface area contributed by atoms with Gasteiger partial charge in [-0.2, -0.15) is 5.10 Å². The van der Waals surface area contributed by atoms with Crippen LogP contribution in [-0.4, -0.2) is 22.2 Å². The third-order valence-electron chi connectivity index (χ3n) is 5.68. The highest BCUT2D eigenvalue weighted by molar-refractivity contribution is 6.30. The Balaban J connectivity index is 1.80. The molecule has 1 N–H and O–H groups in total. The summed E-state index contributed by atoms with van der Waals surface area (Å²) in [6, 6.07) is -0.316. The lowest BCUT2D eigenvalue weighted by molar-refractivity contribution is -0.124. The molecular formula is C24H44ClN3O. The zero-order valence-corrected chi connectivity index (χ0v) is 19.7. The first kappa shape index (κ1) is 26.0. The van der Waals surface area contributed by atoms with Crippen molar-refractivity contribution < 1.29 is 4.79 Å². The zero-order valence-electron chi connectivity index (χ0n) is 18.9. The highest BCUT2D eigenvalue weighted by atomic mass is 35.5. The number of hydrogen-bond donors (Lipinski definition) is 1. The normalized spacial score (nSPS) is 12.2. The van der Waals surface area contributed by atoms with Crippen LogP contribution in [0.2, 0.25) is 5.02 Å². The molecule has 0 saturated carbocycles. The number of rotatable bonds is 19. The first-order valence-corrected chi connectivity index (χ1v) is 12.5. The minimum atomic E-state index is -0.316. The number of halogens is 1. The minimum Gasteiger partial charge on any atom is -0.354 e. The molecule has 1 unspecified atom stereocenters. The molecule has 1 atom stereocenters. The van der Waals surface area contributed by atoms with E-state index < -0.39 is 0 Å². The Bertz CT molecular complexity index is 518. The SMILES string of the molecule is CCCCCCCCCCCCCCCCCCNC(=O)C(C)n1cc(Cl)cn1. The number of carbonyl (C=O) groups is 1. The minimum absolute atomic E-state index is 0.00530. The molecule has 0 aliphatic heterocycles. The van der Waals surface area contributed by atoms with Crippen molar-refractivity contribution in [1.29, 1.82) is 0 Å². The molecule has 29 heavy (non-hydrogen) atoms. The standard InChI is InChI=1S/C24H44ClN3O/c1-3-4-5-6-7-8-9-10-11-12-13-14-15-16-17-18-19-26-24(29)22(2)28-21-23(25)20-27-28/h20-22H,3-19H2,1-2H3,(H,26,29). The summed E-state index contributed by atoms with van der Waals surface area (Å²) in [5, 5.41) is 7.64. The molecule has 0 bridgehead atoms. The van der Waals surface area contributed by atoms with E-state index in [1.807, 2.05) is 6.92 Å². The van der Waals surface area contributed by atoms with Crippen LogP contribution < -0.4 is 5.32 Å². The number of carbonyl (C=O) groups excluding carboxylic acids is 1. The molecule has 0 aromatic carbocycles. The fraction of sp³-hybridized carbons (Fsp3) is 0.833. The van der Waals surface area contributed by atoms with Gasteiger partial charge in [-0.05, 0) is 13.3 Å². The van der Waals surface area contributed by atoms with Crippen LogP contribution in [0.25, 0.3) is 0 Å². The van der Waals surface area contributed by atoms with Gasteiger partial charge in [-0.3, -0.25) is 9.48 Å². The fourth-order valence-corrected chi connectivity index (χ4v) is 3.82. The summed E-state index contributed by atoms with van der Waals surface area (Å²) >= 11 is 5.85. The second-order valence-corrected chi connectivity index (χ2v) is 8.85. The van der Waals surface area contributed by atoms with E-state index in [-0.39, 0.29) is 11.9 Å². The molecule has 1 heterocycles. The Hall–Kier alpha value is -1.03. The van der Waals surface area contributed by atoms with E-state index in [0.717, 1.165) is 13.0 Å². The van der Waals surface area contributed by atoms with Gasteiger partial charge in [-0.25, -0.2) is 0 Å². The van der Waals surface area contributed by atoms with E-state index in [2.05, 4.69) is 17.3 Å². The van der Waals surface area contributed by atoms with Gasteiger partial charge < -0.3 is 5.32 Å². The first-order valence-electron chi connectivity index (χ1n) is 12.1. The largest absolute Gasteiger partial charge is 0.354 e. The van der Waals surface area contributed by atoms with Crippen LogP contribution in [0.15, 0.2) is 12.4 Å². The van der Waals surface area contributed by atoms with Crippen LogP contribution in [0.5, 0.6) is 0 Å². The van der Waals surface area contributed by atoms with Crippen molar-refractivity contribution in [2.75, 3.05) is 6.54 Å². The second kappa shape index (κ2) is 17.8. The molecule has 1 aromatic rings. The van der Waals surface area contributed by atoms with Crippen LogP contribution in [0.4, 0.5) is 0 Å². The highest BCUT2D eigenvalue weighted by Gasteiger charge is 2.14. The lowest BCUT2D eigenvalue weighted by Crippen LogP contribution is -2.31. The average molecular weight is 426 g/mol. The van der Waals surface area contributed by atoms with E-state index in [1.54, 1.807) is 17.1 Å². The quantitative estimate of drug-likeness (QED) is 0.233. The Labute approximate surface area is 184 Å². The molecular weight excluding hydrogens is 382 g/mol. The maximum atomic E-state index is 12.1. The summed E-state index contributed by atoms with van der Waals surface area (Å²) in [5.74, 6) is 0.00530. The van der Waals surface area contributed by atoms with Crippen molar-refractivity contribution in [2.45, 2.75) is 123 Å². The van der Waals surface area contributed by atoms with Gasteiger partial charge in [0.05, 0.1) is 11.2 Å². The summed E-state index contributed by atoms with van der Waals surface area (Å²) in [4.78, 5) is 12.1. The van der Waals surface area contributed by atoms with Crippen LogP contribution in [0.1, 0.15) is 123 Å². The van der Waals surface area contributed by atoms with Gasteiger partial charge in [0, 0.05) is 12.7 Å². The first-order chi connectivity index (χ1) is 14.1. The number of unbranched alkanes of at least 4 members (excludes halogenated alkanes) is 15. The summed E-state index contributed by atoms with van der Waals surface area (Å²) in [7, 11) is 0. The molecule has 1 rings (SSSR count). The van der Waals surface area contributed by atoms with Crippen LogP contribution in [0, 0.1) is 0 Å². The predicted octanol–water partition coefficient (Wildman–Crippen LogP) is 7.48. The van der Waals surface area contributed by atoms with E-state index in [4.69, 9.17) is 11.6 Å². The molecule has 0 radical (unpaired) electrons. The molecule has 168 valence electrons. The smallest absolute Gasteiger partial charge is 0.244 e. The van der Waals surface area contributed by atoms with E-state index in [0.29, 0.717) is 5.02 Å². The van der Waals surface area contributed by atoms with Crippen molar-refractivity contribution in [1.82, 2.24) is 15.1 Å². The molecule has 0 aliphatic carbocycles. The molecule has 4 nitrogen and oxygen atoms in total. The third kappa shape index (κ3) is 13.8. The fourth-order valence-electron chi connectivity index (χ4n) is 3.68. The van der Waals surface area contributed by atoms with E-state index in [9.17, 15) is 4.79 Å². The molecule has 5 heteroatoms. The van der Waals surface area contributed by atoms with Gasteiger partial charge in [-0.15, -0.1) is 0 Å². The highest BCUT2D eigenvalue weighted by Crippen LogP contribution is 2.14. The van der Waals surface area contributed by atoms with Crippen LogP contribution in [0.3, 0.4) is 0 Å². The van der Waals surface area contributed by atoms with E-state index >= 15 is 0 Å². The maximum absolute atomic E-state index is 12.1. The Kier molecular flexibility index (Phi) is 16.0. The van der Waals surface area contributed by atoms with Crippen molar-refractivity contribution >= 4 is 17.5 Å². The van der Waals surface area contributed by atoms with Crippen molar-refractivity contribution in [2.24, 2.45) is 0 Å². The summed E-state index contributed by atoms with van der Waals surface area (Å²) < 4.78 is 1.60. The Morgan fingerprint density at radius 1 is 0.897 bits per heavy atom. The van der Waals surface area contributed by atoms with Gasteiger partial charge in [0.25, 0.3) is 0 Å². The van der Waals surface area contributed by atoms with Gasteiger partial charge in [0.15, 0.2) is 0 Å². The Morgan fingerprint density at radius 2 is 1.34 bits per heavy atom. The van der Waals surface area contributed by atoms with Gasteiger partial charge in [0.2, 0.25) is 5.91 Å². The van der Waals surface area contributed by atoms with Gasteiger partial charge >= 0.3 is 0 Å². The molecule has 1 aromatic heterocycles. The molecule has 0 fully saturated rings. The average Bonchev–Trinajstić information content (AvgIpc) is 3.15. The second-order valence-electron chi connectivity index (χ2n) is 8.41. The van der Waals surface area contributed by atoms with Crippen molar-refractivity contribution in [3.8, 4) is 0 Å². The predicted molar refractivity (Wildman–Crippen MR) is 125 cm³/mol. The van der Waals surface area contributed by atoms with Gasteiger partial charge in [0.1, 0.15) is 6.04 Å². The van der Waals surface area contributed by atoms with E-state index in [1.165, 1.54) is 96.3 Å². The van der Waals surface area contributed by atoms with Crippen molar-refractivity contribution in [3.63, 3.8) is 0 Å². The number of hydrogen-bond acceptors (Lipinski definition) is 2. The lowest BCUT2D eigenvalue weighted by Gasteiger charge is -2.12. The molecule has 0 saturated heterocycles. The molecule has 1 amide bonds. The summed E-state index contributed by atoms with van der Waals surface area (Å²) in [5.41, 5.74) is 0. The molecule has 0 spiro atoms. The number of nitrogens with one attached hydrogen (secondary N) is 1. The van der Waals surface area contributed by atoms with Crippen LogP contribution >= 0.6 is 11.6 Å². The monoisotopic (exact) mass is 425 g/mol. The van der Waals surface area contributed by atoms with Gasteiger partial charge in [-0.1, -0.05) is 115 Å². The number of aromatic nitrogens is 2. The van der Waals surface area contributed by atoms with Crippen molar-refractivity contribution in [3.05, 3.63) is 17.4 Å².